The van der Waals surface area contributed by atoms with Gasteiger partial charge in [0.2, 0.25) is 0 Å². The van der Waals surface area contributed by atoms with Crippen molar-refractivity contribution in [1.29, 1.82) is 0 Å². The molecule has 0 saturated heterocycles. The van der Waals surface area contributed by atoms with Crippen molar-refractivity contribution in [2.45, 2.75) is 374 Å². The van der Waals surface area contributed by atoms with Gasteiger partial charge in [-0.15, -0.1) is 0 Å². The molecule has 430 valence electrons. The molecule has 0 aromatic heterocycles. The van der Waals surface area contributed by atoms with Crippen molar-refractivity contribution in [3.05, 3.63) is 24.3 Å². The number of hydrogen-bond donors (Lipinski definition) is 0. The predicted molar refractivity (Wildman–Crippen MR) is 316 cm³/mol. The van der Waals surface area contributed by atoms with Gasteiger partial charge in [-0.2, -0.15) is 0 Å². The Morgan fingerprint density at radius 1 is 0.260 bits per heavy atom. The van der Waals surface area contributed by atoms with E-state index in [9.17, 15) is 14.4 Å². The molecule has 0 saturated carbocycles. The van der Waals surface area contributed by atoms with Crippen molar-refractivity contribution in [2.24, 2.45) is 0 Å². The molecule has 73 heavy (non-hydrogen) atoms. The number of rotatable bonds is 61. The van der Waals surface area contributed by atoms with Gasteiger partial charge in [0.15, 0.2) is 6.10 Å². The average Bonchev–Trinajstić information content (AvgIpc) is 3.39. The highest BCUT2D eigenvalue weighted by Crippen LogP contribution is 2.18. The first kappa shape index (κ1) is 70.9. The molecule has 0 bridgehead atoms. The lowest BCUT2D eigenvalue weighted by Crippen LogP contribution is -2.30. The second-order valence-electron chi connectivity index (χ2n) is 22.4. The maximum Gasteiger partial charge on any atom is 0.306 e. The summed E-state index contributed by atoms with van der Waals surface area (Å²) in [5.41, 5.74) is 0. The molecule has 0 amide bonds. The molecule has 0 aromatic rings. The lowest BCUT2D eigenvalue weighted by molar-refractivity contribution is -0.167. The van der Waals surface area contributed by atoms with E-state index in [1.54, 1.807) is 0 Å². The van der Waals surface area contributed by atoms with E-state index in [-0.39, 0.29) is 31.1 Å². The van der Waals surface area contributed by atoms with E-state index in [2.05, 4.69) is 45.1 Å². The summed E-state index contributed by atoms with van der Waals surface area (Å²) in [5.74, 6) is -0.871. The summed E-state index contributed by atoms with van der Waals surface area (Å²) in [6, 6.07) is 0. The van der Waals surface area contributed by atoms with E-state index in [0.29, 0.717) is 19.3 Å². The van der Waals surface area contributed by atoms with Crippen LogP contribution in [-0.4, -0.2) is 37.2 Å². The number of unbranched alkanes of at least 4 members (excludes halogenated alkanes) is 46. The average molecular weight is 1030 g/mol. The van der Waals surface area contributed by atoms with Crippen LogP contribution in [0, 0.1) is 0 Å². The van der Waals surface area contributed by atoms with Gasteiger partial charge in [-0.1, -0.05) is 302 Å². The van der Waals surface area contributed by atoms with Crippen LogP contribution in [0.2, 0.25) is 0 Å². The fourth-order valence-electron chi connectivity index (χ4n) is 9.97. The van der Waals surface area contributed by atoms with Crippen LogP contribution < -0.4 is 0 Å². The summed E-state index contributed by atoms with van der Waals surface area (Å²) in [7, 11) is 0. The largest absolute Gasteiger partial charge is 0.462 e. The van der Waals surface area contributed by atoms with Crippen LogP contribution in [-0.2, 0) is 28.6 Å². The second kappa shape index (κ2) is 62.4. The number of ether oxygens (including phenoxy) is 3. The Bertz CT molecular complexity index is 1180. The number of carbonyl (C=O) groups is 3. The summed E-state index contributed by atoms with van der Waals surface area (Å²) in [6.45, 7) is 6.63. The maximum absolute atomic E-state index is 12.8. The molecule has 1 atom stereocenters. The summed E-state index contributed by atoms with van der Waals surface area (Å²) in [4.78, 5) is 38.1. The molecule has 0 radical (unpaired) electrons. The highest BCUT2D eigenvalue weighted by molar-refractivity contribution is 5.71. The second-order valence-corrected chi connectivity index (χ2v) is 22.4. The van der Waals surface area contributed by atoms with Crippen molar-refractivity contribution in [2.75, 3.05) is 13.2 Å². The van der Waals surface area contributed by atoms with Gasteiger partial charge < -0.3 is 14.2 Å². The fourth-order valence-corrected chi connectivity index (χ4v) is 9.97. The molecule has 0 rings (SSSR count). The molecular formula is C67H126O6. The number of allylic oxidation sites excluding steroid dienone is 4. The van der Waals surface area contributed by atoms with E-state index >= 15 is 0 Å². The minimum absolute atomic E-state index is 0.0729. The minimum atomic E-state index is -0.775. The first-order valence-electron chi connectivity index (χ1n) is 32.8. The van der Waals surface area contributed by atoms with E-state index < -0.39 is 6.10 Å². The lowest BCUT2D eigenvalue weighted by Gasteiger charge is -2.18. The third-order valence-corrected chi connectivity index (χ3v) is 14.9. The maximum atomic E-state index is 12.8. The lowest BCUT2D eigenvalue weighted by atomic mass is 10.0. The molecule has 0 aromatic carbocycles. The van der Waals surface area contributed by atoms with Gasteiger partial charge in [0.05, 0.1) is 0 Å². The SMILES string of the molecule is CCCCC/C=C\CCCCCCCC(=O)OCC(COC(=O)CCCCCCCCCCCCCCCCCCCCCCCCCCCCCCCCC)OC(=O)CCCCCCC/C=C\CCCCC. The van der Waals surface area contributed by atoms with Crippen LogP contribution >= 0.6 is 0 Å². The number of hydrogen-bond acceptors (Lipinski definition) is 6. The molecule has 6 heteroatoms. The molecule has 0 N–H and O–H groups in total. The Hall–Kier alpha value is -2.11. The zero-order valence-electron chi connectivity index (χ0n) is 49.4. The Balaban J connectivity index is 4.03. The third-order valence-electron chi connectivity index (χ3n) is 14.9. The smallest absolute Gasteiger partial charge is 0.306 e. The van der Waals surface area contributed by atoms with Crippen molar-refractivity contribution >= 4 is 17.9 Å². The van der Waals surface area contributed by atoms with Crippen molar-refractivity contribution < 1.29 is 28.6 Å². The fraction of sp³-hybridized carbons (Fsp3) is 0.896. The van der Waals surface area contributed by atoms with Gasteiger partial charge in [0.1, 0.15) is 13.2 Å². The normalized spacial score (nSPS) is 12.1. The quantitative estimate of drug-likeness (QED) is 0.0261. The Morgan fingerprint density at radius 2 is 0.452 bits per heavy atom. The van der Waals surface area contributed by atoms with Gasteiger partial charge in [-0.3, -0.25) is 14.4 Å². The first-order valence-corrected chi connectivity index (χ1v) is 32.8. The van der Waals surface area contributed by atoms with Crippen molar-refractivity contribution in [3.63, 3.8) is 0 Å². The molecular weight excluding hydrogens is 901 g/mol. The highest BCUT2D eigenvalue weighted by Gasteiger charge is 2.19. The zero-order chi connectivity index (χ0) is 52.9. The summed E-state index contributed by atoms with van der Waals surface area (Å²) < 4.78 is 16.9. The highest BCUT2D eigenvalue weighted by atomic mass is 16.6. The Morgan fingerprint density at radius 3 is 0.712 bits per heavy atom. The first-order chi connectivity index (χ1) is 36.0. The summed E-state index contributed by atoms with van der Waals surface area (Å²) >= 11 is 0. The van der Waals surface area contributed by atoms with Crippen LogP contribution in [0.3, 0.4) is 0 Å². The molecule has 1 unspecified atom stereocenters. The number of carbonyl (C=O) groups excluding carboxylic acids is 3. The van der Waals surface area contributed by atoms with E-state index in [0.717, 1.165) is 70.6 Å². The van der Waals surface area contributed by atoms with Crippen LogP contribution in [0.15, 0.2) is 24.3 Å². The van der Waals surface area contributed by atoms with Crippen LogP contribution in [0.4, 0.5) is 0 Å². The minimum Gasteiger partial charge on any atom is -0.462 e. The molecule has 0 aliphatic heterocycles. The van der Waals surface area contributed by atoms with Crippen LogP contribution in [0.5, 0.6) is 0 Å². The third kappa shape index (κ3) is 60.6. The molecule has 0 heterocycles. The monoisotopic (exact) mass is 1030 g/mol. The van der Waals surface area contributed by atoms with Crippen LogP contribution in [0.1, 0.15) is 367 Å². The Kier molecular flexibility index (Phi) is 60.6. The van der Waals surface area contributed by atoms with Gasteiger partial charge in [-0.25, -0.2) is 0 Å². The van der Waals surface area contributed by atoms with E-state index in [1.807, 2.05) is 0 Å². The standard InChI is InChI=1S/C67H126O6/c1-4-7-10-13-16-19-22-25-26-27-28-29-30-31-32-33-34-35-36-37-38-39-40-41-42-43-46-48-51-54-57-60-66(69)72-63-64(73-67(70)61-58-55-52-49-45-24-21-18-15-12-9-6-3)62-71-65(68)59-56-53-50-47-44-23-20-17-14-11-8-5-2/h17-18,20-21,64H,4-16,19,22-63H2,1-3H3/b20-17-,21-18-. The Labute approximate surface area is 455 Å². The molecule has 0 spiro atoms. The van der Waals surface area contributed by atoms with Crippen molar-refractivity contribution in [3.8, 4) is 0 Å². The van der Waals surface area contributed by atoms with Crippen molar-refractivity contribution in [1.82, 2.24) is 0 Å². The molecule has 0 fully saturated rings. The van der Waals surface area contributed by atoms with Gasteiger partial charge in [0, 0.05) is 19.3 Å². The van der Waals surface area contributed by atoms with Crippen LogP contribution in [0.25, 0.3) is 0 Å². The molecule has 0 aliphatic carbocycles. The summed E-state index contributed by atoms with van der Waals surface area (Å²) in [6.07, 6.45) is 75.1. The predicted octanol–water partition coefficient (Wildman–Crippen LogP) is 22.2. The van der Waals surface area contributed by atoms with Gasteiger partial charge in [-0.05, 0) is 70.6 Å². The topological polar surface area (TPSA) is 78.9 Å². The van der Waals surface area contributed by atoms with E-state index in [1.165, 1.54) is 257 Å². The zero-order valence-corrected chi connectivity index (χ0v) is 49.4. The van der Waals surface area contributed by atoms with E-state index in [4.69, 9.17) is 14.2 Å². The molecule has 6 nitrogen and oxygen atoms in total. The van der Waals surface area contributed by atoms with Gasteiger partial charge in [0.25, 0.3) is 0 Å². The number of esters is 3. The summed E-state index contributed by atoms with van der Waals surface area (Å²) in [5, 5.41) is 0. The van der Waals surface area contributed by atoms with Gasteiger partial charge >= 0.3 is 17.9 Å². The molecule has 0 aliphatic rings.